The molecule has 4 rings (SSSR count). The van der Waals surface area contributed by atoms with Crippen molar-refractivity contribution in [3.05, 3.63) is 68.9 Å². The molecule has 2 aromatic carbocycles. The van der Waals surface area contributed by atoms with Gasteiger partial charge in [-0.1, -0.05) is 36.4 Å². The summed E-state index contributed by atoms with van der Waals surface area (Å²) in [7, 11) is 2.16. The van der Waals surface area contributed by atoms with Crippen LogP contribution in [0.2, 0.25) is 0 Å². The Kier molecular flexibility index (Phi) is 6.85. The average molecular weight is 483 g/mol. The molecular formula is C24H27BrN4O2. The minimum atomic E-state index is -0.212. The number of aromatic nitrogens is 2. The number of aromatic amines is 1. The number of rotatable bonds is 6. The Morgan fingerprint density at radius 2 is 1.84 bits per heavy atom. The molecule has 162 valence electrons. The van der Waals surface area contributed by atoms with Gasteiger partial charge in [0.2, 0.25) is 0 Å². The molecule has 1 N–H and O–H groups in total. The lowest BCUT2D eigenvalue weighted by Crippen LogP contribution is -2.43. The predicted octanol–water partition coefficient (Wildman–Crippen LogP) is 4.01. The van der Waals surface area contributed by atoms with Crippen molar-refractivity contribution in [1.82, 2.24) is 19.8 Å². The molecule has 1 aliphatic heterocycles. The second kappa shape index (κ2) is 9.77. The molecular weight excluding hydrogens is 456 g/mol. The third-order valence-corrected chi connectivity index (χ3v) is 6.25. The second-order valence-electron chi connectivity index (χ2n) is 7.79. The Balaban J connectivity index is 1.73. The zero-order chi connectivity index (χ0) is 21.8. The van der Waals surface area contributed by atoms with Gasteiger partial charge in [-0.2, -0.15) is 0 Å². The third-order valence-electron chi connectivity index (χ3n) is 5.51. The molecule has 0 radical (unpaired) electrons. The third kappa shape index (κ3) is 5.06. The van der Waals surface area contributed by atoms with Crippen LogP contribution in [0, 0.1) is 0 Å². The lowest BCUT2D eigenvalue weighted by molar-refractivity contribution is 0.148. The van der Waals surface area contributed by atoms with Crippen LogP contribution in [0.25, 0.3) is 22.6 Å². The van der Waals surface area contributed by atoms with Gasteiger partial charge in [-0.15, -0.1) is 0 Å². The normalized spacial score (nSPS) is 15.2. The number of nitrogens with one attached hydrogen (secondary N) is 1. The first-order chi connectivity index (χ1) is 15.0. The molecule has 0 spiro atoms. The fourth-order valence-corrected chi connectivity index (χ4v) is 4.20. The Labute approximate surface area is 191 Å². The van der Waals surface area contributed by atoms with E-state index in [-0.39, 0.29) is 5.56 Å². The average Bonchev–Trinajstić information content (AvgIpc) is 2.79. The molecule has 2 heterocycles. The number of ether oxygens (including phenoxy) is 1. The molecule has 0 amide bonds. The van der Waals surface area contributed by atoms with E-state index in [0.717, 1.165) is 43.9 Å². The highest BCUT2D eigenvalue weighted by molar-refractivity contribution is 9.10. The summed E-state index contributed by atoms with van der Waals surface area (Å²) in [6.45, 7) is 7.60. The van der Waals surface area contributed by atoms with Gasteiger partial charge in [-0.3, -0.25) is 9.69 Å². The summed E-state index contributed by atoms with van der Waals surface area (Å²) in [5.74, 6) is 1.23. The fourth-order valence-electron chi connectivity index (χ4n) is 3.78. The minimum absolute atomic E-state index is 0.212. The Morgan fingerprint density at radius 3 is 2.55 bits per heavy atom. The Morgan fingerprint density at radius 1 is 1.10 bits per heavy atom. The molecule has 1 fully saturated rings. The molecule has 0 bridgehead atoms. The molecule has 6 nitrogen and oxygen atoms in total. The molecule has 1 aliphatic rings. The molecule has 31 heavy (non-hydrogen) atoms. The van der Waals surface area contributed by atoms with Gasteiger partial charge in [-0.25, -0.2) is 4.98 Å². The molecule has 0 atom stereocenters. The van der Waals surface area contributed by atoms with Crippen LogP contribution in [0.3, 0.4) is 0 Å². The summed E-state index contributed by atoms with van der Waals surface area (Å²) in [6, 6.07) is 15.9. The van der Waals surface area contributed by atoms with Gasteiger partial charge in [0.05, 0.1) is 17.9 Å². The van der Waals surface area contributed by atoms with Gasteiger partial charge >= 0.3 is 0 Å². The predicted molar refractivity (Wildman–Crippen MR) is 127 cm³/mol. The van der Waals surface area contributed by atoms with E-state index < -0.39 is 0 Å². The standard InChI is InChI=1S/C24H27BrN4O2/c1-3-31-20-10-9-17(16-29-13-11-28(2)12-14-29)15-19(20)23-26-22(21(25)24(30)27-23)18-7-5-4-6-8-18/h4-10,15H,3,11-14,16H2,1-2H3,(H,26,27,30). The zero-order valence-corrected chi connectivity index (χ0v) is 19.5. The maximum Gasteiger partial charge on any atom is 0.266 e. The van der Waals surface area contributed by atoms with Crippen molar-refractivity contribution >= 4 is 15.9 Å². The highest BCUT2D eigenvalue weighted by atomic mass is 79.9. The van der Waals surface area contributed by atoms with Crippen molar-refractivity contribution < 1.29 is 4.74 Å². The van der Waals surface area contributed by atoms with E-state index in [1.54, 1.807) is 0 Å². The number of likely N-dealkylation sites (N-methyl/N-ethyl adjacent to an activating group) is 1. The van der Waals surface area contributed by atoms with Gasteiger partial charge < -0.3 is 14.6 Å². The zero-order valence-electron chi connectivity index (χ0n) is 17.9. The van der Waals surface area contributed by atoms with Gasteiger partial charge in [0.1, 0.15) is 16.0 Å². The molecule has 0 unspecified atom stereocenters. The van der Waals surface area contributed by atoms with Crippen LogP contribution in [-0.4, -0.2) is 59.6 Å². The molecule has 1 saturated heterocycles. The van der Waals surface area contributed by atoms with Crippen LogP contribution in [0.4, 0.5) is 0 Å². The lowest BCUT2D eigenvalue weighted by atomic mass is 10.1. The van der Waals surface area contributed by atoms with E-state index in [0.29, 0.717) is 28.3 Å². The molecule has 3 aromatic rings. The summed E-state index contributed by atoms with van der Waals surface area (Å²) in [5.41, 5.74) is 3.26. The Bertz CT molecular complexity index is 1090. The van der Waals surface area contributed by atoms with Crippen LogP contribution in [0.1, 0.15) is 12.5 Å². The van der Waals surface area contributed by atoms with Gasteiger partial charge in [0, 0.05) is 38.3 Å². The quantitative estimate of drug-likeness (QED) is 0.574. The molecule has 0 aliphatic carbocycles. The number of H-pyrrole nitrogens is 1. The van der Waals surface area contributed by atoms with E-state index in [4.69, 9.17) is 9.72 Å². The lowest BCUT2D eigenvalue weighted by Gasteiger charge is -2.32. The Hall–Kier alpha value is -2.48. The maximum atomic E-state index is 12.7. The van der Waals surface area contributed by atoms with Crippen LogP contribution in [0.5, 0.6) is 5.75 Å². The number of piperazine rings is 1. The van der Waals surface area contributed by atoms with Gasteiger partial charge in [-0.05, 0) is 47.6 Å². The number of nitrogens with zero attached hydrogens (tertiary/aromatic N) is 3. The van der Waals surface area contributed by atoms with Crippen molar-refractivity contribution in [1.29, 1.82) is 0 Å². The van der Waals surface area contributed by atoms with Crippen molar-refractivity contribution in [3.63, 3.8) is 0 Å². The van der Waals surface area contributed by atoms with E-state index in [1.807, 2.05) is 43.3 Å². The minimum Gasteiger partial charge on any atom is -0.493 e. The monoisotopic (exact) mass is 482 g/mol. The smallest absolute Gasteiger partial charge is 0.266 e. The number of hydrogen-bond donors (Lipinski definition) is 1. The van der Waals surface area contributed by atoms with Crippen molar-refractivity contribution in [2.45, 2.75) is 13.5 Å². The van der Waals surface area contributed by atoms with Crippen LogP contribution >= 0.6 is 15.9 Å². The topological polar surface area (TPSA) is 61.5 Å². The van der Waals surface area contributed by atoms with Crippen molar-refractivity contribution in [2.24, 2.45) is 0 Å². The van der Waals surface area contributed by atoms with Gasteiger partial charge in [0.15, 0.2) is 0 Å². The first-order valence-corrected chi connectivity index (χ1v) is 11.4. The molecule has 0 saturated carbocycles. The fraction of sp³-hybridized carbons (Fsp3) is 0.333. The SMILES string of the molecule is CCOc1ccc(CN2CCN(C)CC2)cc1-c1nc(-c2ccccc2)c(Br)c(=O)[nH]1. The van der Waals surface area contributed by atoms with E-state index in [9.17, 15) is 4.79 Å². The summed E-state index contributed by atoms with van der Waals surface area (Å²) >= 11 is 3.41. The van der Waals surface area contributed by atoms with Crippen LogP contribution < -0.4 is 10.3 Å². The van der Waals surface area contributed by atoms with Crippen LogP contribution in [-0.2, 0) is 6.54 Å². The highest BCUT2D eigenvalue weighted by Crippen LogP contribution is 2.32. The first kappa shape index (κ1) is 21.7. The van der Waals surface area contributed by atoms with E-state index >= 15 is 0 Å². The summed E-state index contributed by atoms with van der Waals surface area (Å²) < 4.78 is 6.30. The summed E-state index contributed by atoms with van der Waals surface area (Å²) in [5, 5.41) is 0. The van der Waals surface area contributed by atoms with Crippen molar-refractivity contribution in [2.75, 3.05) is 39.8 Å². The van der Waals surface area contributed by atoms with Crippen LogP contribution in [0.15, 0.2) is 57.8 Å². The number of hydrogen-bond acceptors (Lipinski definition) is 5. The van der Waals surface area contributed by atoms with E-state index in [2.05, 4.69) is 49.9 Å². The first-order valence-electron chi connectivity index (χ1n) is 10.6. The maximum absolute atomic E-state index is 12.7. The van der Waals surface area contributed by atoms with Crippen molar-refractivity contribution in [3.8, 4) is 28.4 Å². The summed E-state index contributed by atoms with van der Waals surface area (Å²) in [4.78, 5) is 25.2. The largest absolute Gasteiger partial charge is 0.493 e. The second-order valence-corrected chi connectivity index (χ2v) is 8.58. The molecule has 7 heteroatoms. The summed E-state index contributed by atoms with van der Waals surface area (Å²) in [6.07, 6.45) is 0. The highest BCUT2D eigenvalue weighted by Gasteiger charge is 2.18. The van der Waals surface area contributed by atoms with E-state index in [1.165, 1.54) is 5.56 Å². The number of benzene rings is 2. The molecule has 1 aromatic heterocycles. The number of halogens is 1. The van der Waals surface area contributed by atoms with Gasteiger partial charge in [0.25, 0.3) is 5.56 Å².